The quantitative estimate of drug-likeness (QED) is 0.761. The third-order valence-corrected chi connectivity index (χ3v) is 4.85. The summed E-state index contributed by atoms with van der Waals surface area (Å²) in [7, 11) is -0.223. The van der Waals surface area contributed by atoms with Crippen molar-refractivity contribution in [3.05, 3.63) is 65.7 Å². The van der Waals surface area contributed by atoms with Gasteiger partial charge in [-0.3, -0.25) is 0 Å². The van der Waals surface area contributed by atoms with Gasteiger partial charge in [-0.05, 0) is 51.0 Å². The van der Waals surface area contributed by atoms with Crippen LogP contribution in [0.3, 0.4) is 0 Å². The number of rotatable bonds is 5. The number of hydrogen-bond acceptors (Lipinski definition) is 3. The Bertz CT molecular complexity index is 666. The summed E-state index contributed by atoms with van der Waals surface area (Å²) in [4.78, 5) is 0. The number of hydrogen-bond donors (Lipinski definition) is 0. The average Bonchev–Trinajstić information content (AvgIpc) is 2.73. The van der Waals surface area contributed by atoms with Crippen molar-refractivity contribution in [2.24, 2.45) is 0 Å². The van der Waals surface area contributed by atoms with Gasteiger partial charge in [0, 0.05) is 6.32 Å². The van der Waals surface area contributed by atoms with Crippen molar-refractivity contribution in [1.29, 1.82) is 0 Å². The lowest BCUT2D eigenvalue weighted by Crippen LogP contribution is -2.41. The van der Waals surface area contributed by atoms with Gasteiger partial charge >= 0.3 is 7.12 Å². The zero-order valence-electron chi connectivity index (χ0n) is 14.9. The van der Waals surface area contributed by atoms with Crippen molar-refractivity contribution in [2.75, 3.05) is 0 Å². The molecule has 1 aliphatic rings. The molecule has 1 heterocycles. The monoisotopic (exact) mass is 324 g/mol. The maximum atomic E-state index is 6.07. The third-order valence-electron chi connectivity index (χ3n) is 4.85. The van der Waals surface area contributed by atoms with Gasteiger partial charge in [-0.15, -0.1) is 0 Å². The second kappa shape index (κ2) is 6.62. The molecule has 0 saturated carbocycles. The number of ether oxygens (including phenoxy) is 1. The molecule has 1 fully saturated rings. The molecule has 3 rings (SSSR count). The van der Waals surface area contributed by atoms with E-state index in [9.17, 15) is 0 Å². The fraction of sp³-hybridized carbons (Fsp3) is 0.400. The van der Waals surface area contributed by atoms with Crippen LogP contribution in [0.15, 0.2) is 54.6 Å². The van der Waals surface area contributed by atoms with Gasteiger partial charge < -0.3 is 14.0 Å². The summed E-state index contributed by atoms with van der Waals surface area (Å²) in [6.07, 6.45) is 0.718. The highest BCUT2D eigenvalue weighted by molar-refractivity contribution is 6.45. The third kappa shape index (κ3) is 3.82. The largest absolute Gasteiger partial charge is 0.489 e. The fourth-order valence-electron chi connectivity index (χ4n) is 2.74. The van der Waals surface area contributed by atoms with Gasteiger partial charge in [-0.2, -0.15) is 0 Å². The Morgan fingerprint density at radius 1 is 0.833 bits per heavy atom. The first-order chi connectivity index (χ1) is 11.4. The lowest BCUT2D eigenvalue weighted by molar-refractivity contribution is 0.00578. The SMILES string of the molecule is CC1(C)OB(Cc2cccc(OCc3ccccc3)c2)OC1(C)C. The zero-order chi connectivity index (χ0) is 17.2. The van der Waals surface area contributed by atoms with E-state index in [4.69, 9.17) is 14.0 Å². The Morgan fingerprint density at radius 2 is 1.46 bits per heavy atom. The van der Waals surface area contributed by atoms with Crippen LogP contribution in [0, 0.1) is 0 Å². The summed E-state index contributed by atoms with van der Waals surface area (Å²) < 4.78 is 18.0. The molecule has 0 unspecified atom stereocenters. The molecule has 2 aromatic rings. The van der Waals surface area contributed by atoms with Crippen LogP contribution in [-0.4, -0.2) is 18.3 Å². The minimum absolute atomic E-state index is 0.223. The van der Waals surface area contributed by atoms with Crippen LogP contribution >= 0.6 is 0 Å². The summed E-state index contributed by atoms with van der Waals surface area (Å²) in [5.41, 5.74) is 1.73. The second-order valence-corrected chi connectivity index (χ2v) is 7.31. The van der Waals surface area contributed by atoms with E-state index in [-0.39, 0.29) is 18.3 Å². The van der Waals surface area contributed by atoms with E-state index in [1.165, 1.54) is 0 Å². The van der Waals surface area contributed by atoms with Crippen LogP contribution in [0.5, 0.6) is 5.75 Å². The smallest absolute Gasteiger partial charge is 0.462 e. The molecule has 0 bridgehead atoms. The molecule has 0 amide bonds. The van der Waals surface area contributed by atoms with Gasteiger partial charge in [0.05, 0.1) is 11.2 Å². The molecule has 24 heavy (non-hydrogen) atoms. The van der Waals surface area contributed by atoms with E-state index in [1.54, 1.807) is 0 Å². The maximum absolute atomic E-state index is 6.07. The molecule has 1 aliphatic heterocycles. The highest BCUT2D eigenvalue weighted by atomic mass is 16.7. The van der Waals surface area contributed by atoms with E-state index in [0.29, 0.717) is 6.61 Å². The number of benzene rings is 2. The van der Waals surface area contributed by atoms with Crippen molar-refractivity contribution < 1.29 is 14.0 Å². The molecular weight excluding hydrogens is 299 g/mol. The lowest BCUT2D eigenvalue weighted by atomic mass is 9.81. The van der Waals surface area contributed by atoms with Crippen molar-refractivity contribution in [1.82, 2.24) is 0 Å². The van der Waals surface area contributed by atoms with Crippen LogP contribution in [0.25, 0.3) is 0 Å². The standard InChI is InChI=1S/C20H25BO3/c1-19(2)20(3,4)24-21(23-19)14-17-11-8-12-18(13-17)22-15-16-9-6-5-7-10-16/h5-13H,14-15H2,1-4H3. The molecule has 1 saturated heterocycles. The Hall–Kier alpha value is -1.78. The highest BCUT2D eigenvalue weighted by Gasteiger charge is 2.50. The van der Waals surface area contributed by atoms with Crippen LogP contribution in [0.4, 0.5) is 0 Å². The molecular formula is C20H25BO3. The van der Waals surface area contributed by atoms with Crippen molar-refractivity contribution in [3.8, 4) is 5.75 Å². The summed E-state index contributed by atoms with van der Waals surface area (Å²) in [6.45, 7) is 8.87. The predicted molar refractivity (Wildman–Crippen MR) is 97.0 cm³/mol. The van der Waals surface area contributed by atoms with Gasteiger partial charge in [0.25, 0.3) is 0 Å². The van der Waals surface area contributed by atoms with E-state index >= 15 is 0 Å². The molecule has 2 aromatic carbocycles. The first-order valence-electron chi connectivity index (χ1n) is 8.47. The Morgan fingerprint density at radius 3 is 2.12 bits per heavy atom. The van der Waals surface area contributed by atoms with Gasteiger partial charge in [-0.25, -0.2) is 0 Å². The minimum atomic E-state index is -0.293. The maximum Gasteiger partial charge on any atom is 0.462 e. The molecule has 0 N–H and O–H groups in total. The minimum Gasteiger partial charge on any atom is -0.489 e. The summed E-state index contributed by atoms with van der Waals surface area (Å²) in [5, 5.41) is 0. The van der Waals surface area contributed by atoms with Crippen molar-refractivity contribution in [3.63, 3.8) is 0 Å². The highest BCUT2D eigenvalue weighted by Crippen LogP contribution is 2.37. The molecule has 0 spiro atoms. The lowest BCUT2D eigenvalue weighted by Gasteiger charge is -2.32. The molecule has 0 radical (unpaired) electrons. The topological polar surface area (TPSA) is 27.7 Å². The van der Waals surface area contributed by atoms with Crippen LogP contribution in [0.2, 0.25) is 0 Å². The molecule has 0 atom stereocenters. The first-order valence-corrected chi connectivity index (χ1v) is 8.47. The van der Waals surface area contributed by atoms with Crippen molar-refractivity contribution in [2.45, 2.75) is 51.8 Å². The van der Waals surface area contributed by atoms with Gasteiger partial charge in [0.2, 0.25) is 0 Å². The van der Waals surface area contributed by atoms with Crippen LogP contribution in [-0.2, 0) is 22.2 Å². The van der Waals surface area contributed by atoms with E-state index < -0.39 is 0 Å². The summed E-state index contributed by atoms with van der Waals surface area (Å²) >= 11 is 0. The Balaban J connectivity index is 1.62. The van der Waals surface area contributed by atoms with E-state index in [0.717, 1.165) is 23.2 Å². The van der Waals surface area contributed by atoms with Gasteiger partial charge in [0.15, 0.2) is 0 Å². The summed E-state index contributed by atoms with van der Waals surface area (Å²) in [5.74, 6) is 0.868. The zero-order valence-corrected chi connectivity index (χ0v) is 14.9. The second-order valence-electron chi connectivity index (χ2n) is 7.31. The molecule has 126 valence electrons. The first kappa shape index (κ1) is 17.1. The molecule has 3 nitrogen and oxygen atoms in total. The molecule has 0 aromatic heterocycles. The molecule has 4 heteroatoms. The van der Waals surface area contributed by atoms with Crippen molar-refractivity contribution >= 4 is 7.12 Å². The van der Waals surface area contributed by atoms with Gasteiger partial charge in [-0.1, -0.05) is 42.5 Å². The van der Waals surface area contributed by atoms with Gasteiger partial charge in [0.1, 0.15) is 12.4 Å². The average molecular weight is 324 g/mol. The fourth-order valence-corrected chi connectivity index (χ4v) is 2.74. The van der Waals surface area contributed by atoms with E-state index in [2.05, 4.69) is 52.0 Å². The van der Waals surface area contributed by atoms with Crippen LogP contribution in [0.1, 0.15) is 38.8 Å². The van der Waals surface area contributed by atoms with Crippen LogP contribution < -0.4 is 4.74 Å². The van der Waals surface area contributed by atoms with E-state index in [1.807, 2.05) is 30.3 Å². The summed E-state index contributed by atoms with van der Waals surface area (Å²) in [6, 6.07) is 18.3. The Kier molecular flexibility index (Phi) is 4.70. The Labute approximate surface area is 145 Å². The normalized spacial score (nSPS) is 18.6. The molecule has 0 aliphatic carbocycles. The predicted octanol–water partition coefficient (Wildman–Crippen LogP) is 4.44.